The molecule has 13 heavy (non-hydrogen) atoms. The molecule has 1 aromatic rings. The third kappa shape index (κ3) is 3.75. The second-order valence-corrected chi connectivity index (χ2v) is 1.74. The van der Waals surface area contributed by atoms with E-state index in [-0.39, 0.29) is 5.56 Å². The highest BCUT2D eigenvalue weighted by Gasteiger charge is 2.07. The van der Waals surface area contributed by atoms with Crippen molar-refractivity contribution in [2.24, 2.45) is 5.34 Å². The summed E-state index contributed by atoms with van der Waals surface area (Å²) >= 11 is 0. The molecule has 0 saturated carbocycles. The Bertz CT molecular complexity index is 304. The molecule has 0 aliphatic heterocycles. The van der Waals surface area contributed by atoms with E-state index in [0.29, 0.717) is 0 Å². The van der Waals surface area contributed by atoms with E-state index in [0.717, 1.165) is 12.3 Å². The predicted molar refractivity (Wildman–Crippen MR) is 38.7 cm³/mol. The fourth-order valence-electron chi connectivity index (χ4n) is 0.549. The first-order chi connectivity index (χ1) is 6.13. The van der Waals surface area contributed by atoms with E-state index in [1.807, 2.05) is 0 Å². The lowest BCUT2D eigenvalue weighted by Crippen LogP contribution is -1.99. The normalized spacial score (nSPS) is 8.08. The van der Waals surface area contributed by atoms with E-state index in [1.165, 1.54) is 11.5 Å². The number of nitrogens with zero attached hydrogens (tertiary/aromatic N) is 2. The molecule has 0 fully saturated rings. The molecule has 70 valence electrons. The number of carboxylic acid groups (broad SMARTS) is 1. The van der Waals surface area contributed by atoms with Gasteiger partial charge in [0, 0.05) is 6.20 Å². The standard InChI is InChI=1S/C6H4FNO2.HNO2/c7-5-3-8-2-1-4(5)6(9)10;2-1-3/h1-3H,(H,9,10);(H,2,3). The summed E-state index contributed by atoms with van der Waals surface area (Å²) in [6.45, 7) is 0. The van der Waals surface area contributed by atoms with Crippen molar-refractivity contribution >= 4 is 5.97 Å². The summed E-state index contributed by atoms with van der Waals surface area (Å²) < 4.78 is 12.4. The van der Waals surface area contributed by atoms with Gasteiger partial charge in [0.2, 0.25) is 0 Å². The molecular weight excluding hydrogens is 183 g/mol. The minimum atomic E-state index is -1.28. The average Bonchev–Trinajstić information content (AvgIpc) is 2.06. The first-order valence-corrected chi connectivity index (χ1v) is 2.93. The quantitative estimate of drug-likeness (QED) is 0.507. The van der Waals surface area contributed by atoms with Gasteiger partial charge in [-0.25, -0.2) is 9.18 Å². The highest BCUT2D eigenvalue weighted by Crippen LogP contribution is 2.02. The SMILES string of the molecule is O=C(O)c1ccncc1F.O=NO. The van der Waals surface area contributed by atoms with Crippen LogP contribution in [-0.2, 0) is 0 Å². The Morgan fingerprint density at radius 3 is 2.46 bits per heavy atom. The molecule has 0 aromatic carbocycles. The molecule has 0 amide bonds. The van der Waals surface area contributed by atoms with Crippen molar-refractivity contribution in [3.8, 4) is 0 Å². The summed E-state index contributed by atoms with van der Waals surface area (Å²) in [6.07, 6.45) is 2.09. The molecule has 0 spiro atoms. The summed E-state index contributed by atoms with van der Waals surface area (Å²) in [4.78, 5) is 21.7. The zero-order chi connectivity index (χ0) is 10.3. The lowest BCUT2D eigenvalue weighted by molar-refractivity contribution is 0.0691. The van der Waals surface area contributed by atoms with Crippen molar-refractivity contribution in [3.63, 3.8) is 0 Å². The van der Waals surface area contributed by atoms with Crippen LogP contribution in [0.3, 0.4) is 0 Å². The molecule has 0 unspecified atom stereocenters. The molecule has 0 saturated heterocycles. The largest absolute Gasteiger partial charge is 0.478 e. The summed E-state index contributed by atoms with van der Waals surface area (Å²) in [5, 5.41) is 16.2. The van der Waals surface area contributed by atoms with Crippen LogP contribution >= 0.6 is 0 Å². The first kappa shape index (κ1) is 11.0. The van der Waals surface area contributed by atoms with E-state index >= 15 is 0 Å². The maximum atomic E-state index is 12.4. The molecule has 2 N–H and O–H groups in total. The van der Waals surface area contributed by atoms with Crippen molar-refractivity contribution in [1.29, 1.82) is 0 Å². The van der Waals surface area contributed by atoms with Crippen LogP contribution in [0.4, 0.5) is 4.39 Å². The van der Waals surface area contributed by atoms with Crippen molar-refractivity contribution in [2.45, 2.75) is 0 Å². The number of carbonyl (C=O) groups is 1. The van der Waals surface area contributed by atoms with Gasteiger partial charge in [-0.15, -0.1) is 4.91 Å². The van der Waals surface area contributed by atoms with Crippen molar-refractivity contribution < 1.29 is 19.5 Å². The molecule has 7 heteroatoms. The lowest BCUT2D eigenvalue weighted by Gasteiger charge is -1.92. The third-order valence-corrected chi connectivity index (χ3v) is 1.00. The zero-order valence-corrected chi connectivity index (χ0v) is 6.22. The molecular formula is C6H5FN2O4. The second kappa shape index (κ2) is 5.58. The number of hydrogen-bond acceptors (Lipinski definition) is 4. The fourth-order valence-corrected chi connectivity index (χ4v) is 0.549. The van der Waals surface area contributed by atoms with Crippen LogP contribution in [0.5, 0.6) is 0 Å². The van der Waals surface area contributed by atoms with Gasteiger partial charge < -0.3 is 10.3 Å². The van der Waals surface area contributed by atoms with E-state index < -0.39 is 11.8 Å². The Kier molecular flexibility index (Phi) is 4.70. The van der Waals surface area contributed by atoms with Crippen LogP contribution in [0.2, 0.25) is 0 Å². The average molecular weight is 188 g/mol. The van der Waals surface area contributed by atoms with Gasteiger partial charge in [0.05, 0.1) is 11.8 Å². The Labute approximate surface area is 71.6 Å². The maximum absolute atomic E-state index is 12.4. The smallest absolute Gasteiger partial charge is 0.338 e. The highest BCUT2D eigenvalue weighted by atomic mass is 19.1. The van der Waals surface area contributed by atoms with Crippen molar-refractivity contribution in [2.75, 3.05) is 0 Å². The van der Waals surface area contributed by atoms with Crippen molar-refractivity contribution in [3.05, 3.63) is 34.7 Å². The highest BCUT2D eigenvalue weighted by molar-refractivity contribution is 5.87. The van der Waals surface area contributed by atoms with E-state index in [4.69, 9.17) is 15.2 Å². The van der Waals surface area contributed by atoms with Crippen LogP contribution in [0.1, 0.15) is 10.4 Å². The predicted octanol–water partition coefficient (Wildman–Crippen LogP) is 1.06. The number of rotatable bonds is 1. The number of hydrogen-bond donors (Lipinski definition) is 2. The number of aromatic nitrogens is 1. The van der Waals surface area contributed by atoms with E-state index in [9.17, 15) is 9.18 Å². The molecule has 0 atom stereocenters. The summed E-state index contributed by atoms with van der Waals surface area (Å²) in [6, 6.07) is 1.11. The maximum Gasteiger partial charge on any atom is 0.338 e. The Morgan fingerprint density at radius 1 is 1.62 bits per heavy atom. The van der Waals surface area contributed by atoms with Crippen molar-refractivity contribution in [1.82, 2.24) is 4.98 Å². The van der Waals surface area contributed by atoms with Crippen LogP contribution < -0.4 is 0 Å². The Morgan fingerprint density at radius 2 is 2.15 bits per heavy atom. The molecule has 1 rings (SSSR count). The molecule has 1 heterocycles. The monoisotopic (exact) mass is 188 g/mol. The minimum absolute atomic E-state index is 0.352. The van der Waals surface area contributed by atoms with E-state index in [2.05, 4.69) is 4.98 Å². The van der Waals surface area contributed by atoms with Gasteiger partial charge >= 0.3 is 5.97 Å². The minimum Gasteiger partial charge on any atom is -0.478 e. The van der Waals surface area contributed by atoms with Gasteiger partial charge in [0.25, 0.3) is 0 Å². The number of halogens is 1. The van der Waals surface area contributed by atoms with Gasteiger partial charge in [-0.05, 0) is 6.07 Å². The molecule has 1 aromatic heterocycles. The van der Waals surface area contributed by atoms with Gasteiger partial charge in [0.1, 0.15) is 0 Å². The Hall–Kier alpha value is -2.05. The van der Waals surface area contributed by atoms with Gasteiger partial charge in [-0.3, -0.25) is 4.98 Å². The summed E-state index contributed by atoms with van der Waals surface area (Å²) in [5.41, 5.74) is -0.352. The molecule has 0 bridgehead atoms. The molecule has 0 aliphatic carbocycles. The molecule has 6 nitrogen and oxygen atoms in total. The van der Waals surface area contributed by atoms with Crippen LogP contribution in [0.15, 0.2) is 23.8 Å². The van der Waals surface area contributed by atoms with Crippen LogP contribution in [-0.4, -0.2) is 21.3 Å². The summed E-state index contributed by atoms with van der Waals surface area (Å²) in [5.74, 6) is -2.09. The fraction of sp³-hybridized carbons (Fsp3) is 0. The zero-order valence-electron chi connectivity index (χ0n) is 6.22. The van der Waals surface area contributed by atoms with Gasteiger partial charge in [0.15, 0.2) is 11.2 Å². The lowest BCUT2D eigenvalue weighted by atomic mass is 10.3. The first-order valence-electron chi connectivity index (χ1n) is 2.93. The number of carboxylic acids is 1. The summed E-state index contributed by atoms with van der Waals surface area (Å²) in [7, 11) is 0. The van der Waals surface area contributed by atoms with Crippen LogP contribution in [0.25, 0.3) is 0 Å². The topological polar surface area (TPSA) is 99.8 Å². The molecule has 0 radical (unpaired) electrons. The third-order valence-electron chi connectivity index (χ3n) is 1.00. The number of pyridine rings is 1. The Balaban J connectivity index is 0.000000424. The van der Waals surface area contributed by atoms with Gasteiger partial charge in [-0.2, -0.15) is 0 Å². The van der Waals surface area contributed by atoms with E-state index in [1.54, 1.807) is 0 Å². The molecule has 0 aliphatic rings. The van der Waals surface area contributed by atoms with Crippen LogP contribution in [0, 0.1) is 10.7 Å². The number of aromatic carboxylic acids is 1. The van der Waals surface area contributed by atoms with Gasteiger partial charge in [-0.1, -0.05) is 0 Å². The second-order valence-electron chi connectivity index (χ2n) is 1.74.